The third-order valence-corrected chi connectivity index (χ3v) is 3.87. The second-order valence-corrected chi connectivity index (χ2v) is 5.24. The molecule has 0 spiro atoms. The van der Waals surface area contributed by atoms with Gasteiger partial charge < -0.3 is 9.84 Å². The average molecular weight is 275 g/mol. The molecule has 3 nitrogen and oxygen atoms in total. The number of esters is 1. The fourth-order valence-corrected chi connectivity index (χ4v) is 2.62. The monoisotopic (exact) mass is 274 g/mol. The molecule has 1 aromatic carbocycles. The van der Waals surface area contributed by atoms with Crippen LogP contribution in [0.5, 0.6) is 0 Å². The Morgan fingerprint density at radius 1 is 1.53 bits per heavy atom. The molecule has 0 fully saturated rings. The molecule has 0 amide bonds. The summed E-state index contributed by atoms with van der Waals surface area (Å²) in [6.07, 6.45) is 0. The van der Waals surface area contributed by atoms with Gasteiger partial charge in [0.25, 0.3) is 0 Å². The van der Waals surface area contributed by atoms with Crippen LogP contribution >= 0.6 is 23.4 Å². The topological polar surface area (TPSA) is 46.5 Å². The van der Waals surface area contributed by atoms with Gasteiger partial charge in [-0.15, -0.1) is 0 Å². The van der Waals surface area contributed by atoms with Crippen LogP contribution in [0.25, 0.3) is 0 Å². The summed E-state index contributed by atoms with van der Waals surface area (Å²) in [5.74, 6) is 0.293. The van der Waals surface area contributed by atoms with E-state index in [4.69, 9.17) is 11.6 Å². The van der Waals surface area contributed by atoms with Crippen LogP contribution in [-0.4, -0.2) is 29.5 Å². The van der Waals surface area contributed by atoms with E-state index in [1.165, 1.54) is 25.8 Å². The molecule has 0 radical (unpaired) electrons. The molecule has 5 heteroatoms. The van der Waals surface area contributed by atoms with Gasteiger partial charge in [0, 0.05) is 16.5 Å². The first-order valence-corrected chi connectivity index (χ1v) is 6.62. The third kappa shape index (κ3) is 4.22. The van der Waals surface area contributed by atoms with Crippen LogP contribution in [0.4, 0.5) is 0 Å². The normalized spacial score (nSPS) is 14.1. The lowest BCUT2D eigenvalue weighted by atomic mass is 10.1. The Morgan fingerprint density at radius 3 is 2.76 bits per heavy atom. The SMILES string of the molecule is COC(=O)C(C)(O)CSCc1ccccc1Cl. The quantitative estimate of drug-likeness (QED) is 0.838. The third-order valence-electron chi connectivity index (χ3n) is 2.22. The average Bonchev–Trinajstić information content (AvgIpc) is 2.30. The predicted octanol–water partition coefficient (Wildman–Crippen LogP) is 2.50. The van der Waals surface area contributed by atoms with Gasteiger partial charge in [-0.25, -0.2) is 4.79 Å². The fraction of sp³-hybridized carbons (Fsp3) is 0.417. The number of thioether (sulfide) groups is 1. The van der Waals surface area contributed by atoms with Gasteiger partial charge in [0.2, 0.25) is 0 Å². The van der Waals surface area contributed by atoms with Gasteiger partial charge in [0.1, 0.15) is 0 Å². The van der Waals surface area contributed by atoms with E-state index in [1.54, 1.807) is 0 Å². The van der Waals surface area contributed by atoms with Crippen LogP contribution in [0.1, 0.15) is 12.5 Å². The molecule has 1 N–H and O–H groups in total. The minimum absolute atomic E-state index is 0.269. The highest BCUT2D eigenvalue weighted by Crippen LogP contribution is 2.23. The summed E-state index contributed by atoms with van der Waals surface area (Å²) in [5, 5.41) is 10.5. The molecule has 1 atom stereocenters. The Hall–Kier alpha value is -0.710. The molecule has 0 saturated heterocycles. The van der Waals surface area contributed by atoms with E-state index in [1.807, 2.05) is 24.3 Å². The summed E-state index contributed by atoms with van der Waals surface area (Å²) in [6, 6.07) is 7.50. The molecule has 0 aliphatic heterocycles. The lowest BCUT2D eigenvalue weighted by Crippen LogP contribution is -2.38. The van der Waals surface area contributed by atoms with Crippen molar-refractivity contribution in [2.75, 3.05) is 12.9 Å². The molecule has 0 saturated carbocycles. The zero-order valence-corrected chi connectivity index (χ0v) is 11.3. The second-order valence-electron chi connectivity index (χ2n) is 3.85. The maximum Gasteiger partial charge on any atom is 0.338 e. The standard InChI is InChI=1S/C12H15ClO3S/c1-12(15,11(14)16-2)8-17-7-9-5-3-4-6-10(9)13/h3-6,15H,7-8H2,1-2H3. The molecule has 0 heterocycles. The van der Waals surface area contributed by atoms with Crippen molar-refractivity contribution in [2.45, 2.75) is 18.3 Å². The molecule has 0 bridgehead atoms. The number of rotatable bonds is 5. The summed E-state index contributed by atoms with van der Waals surface area (Å²) < 4.78 is 4.51. The largest absolute Gasteiger partial charge is 0.467 e. The van der Waals surface area contributed by atoms with Crippen molar-refractivity contribution in [2.24, 2.45) is 0 Å². The number of benzene rings is 1. The van der Waals surface area contributed by atoms with E-state index in [0.29, 0.717) is 10.8 Å². The minimum atomic E-state index is -1.46. The van der Waals surface area contributed by atoms with Gasteiger partial charge in [-0.1, -0.05) is 29.8 Å². The summed E-state index contributed by atoms with van der Waals surface area (Å²) >= 11 is 7.43. The minimum Gasteiger partial charge on any atom is -0.467 e. The zero-order valence-electron chi connectivity index (χ0n) is 9.77. The molecule has 17 heavy (non-hydrogen) atoms. The number of ether oxygens (including phenoxy) is 1. The Labute approximate surface area is 110 Å². The van der Waals surface area contributed by atoms with E-state index in [0.717, 1.165) is 5.56 Å². The van der Waals surface area contributed by atoms with Gasteiger partial charge >= 0.3 is 5.97 Å². The van der Waals surface area contributed by atoms with E-state index in [2.05, 4.69) is 4.74 Å². The smallest absolute Gasteiger partial charge is 0.338 e. The lowest BCUT2D eigenvalue weighted by Gasteiger charge is -2.19. The molecule has 0 aliphatic rings. The molecule has 1 aromatic rings. The van der Waals surface area contributed by atoms with Crippen LogP contribution in [0.3, 0.4) is 0 Å². The Bertz CT molecular complexity index is 393. The Kier molecular flexibility index (Phi) is 5.31. The first kappa shape index (κ1) is 14.4. The zero-order chi connectivity index (χ0) is 12.9. The summed E-state index contributed by atoms with van der Waals surface area (Å²) in [6.45, 7) is 1.44. The molecule has 94 valence electrons. The highest BCUT2D eigenvalue weighted by molar-refractivity contribution is 7.98. The maximum absolute atomic E-state index is 11.2. The number of aliphatic hydroxyl groups is 1. The van der Waals surface area contributed by atoms with Crippen molar-refractivity contribution < 1.29 is 14.6 Å². The number of hydrogen-bond acceptors (Lipinski definition) is 4. The van der Waals surface area contributed by atoms with Gasteiger partial charge in [-0.05, 0) is 18.6 Å². The number of halogens is 1. The fourth-order valence-electron chi connectivity index (χ4n) is 1.25. The lowest BCUT2D eigenvalue weighted by molar-refractivity contribution is -0.158. The summed E-state index contributed by atoms with van der Waals surface area (Å²) in [4.78, 5) is 11.2. The van der Waals surface area contributed by atoms with Gasteiger partial charge in [0.15, 0.2) is 5.60 Å². The molecule has 0 aliphatic carbocycles. The van der Waals surface area contributed by atoms with Crippen molar-refractivity contribution >= 4 is 29.3 Å². The van der Waals surface area contributed by atoms with Gasteiger partial charge in [0.05, 0.1) is 7.11 Å². The highest BCUT2D eigenvalue weighted by atomic mass is 35.5. The predicted molar refractivity (Wildman–Crippen MR) is 70.3 cm³/mol. The molecule has 1 rings (SSSR count). The maximum atomic E-state index is 11.2. The molecular weight excluding hydrogens is 260 g/mol. The van der Waals surface area contributed by atoms with Gasteiger partial charge in [-0.3, -0.25) is 0 Å². The highest BCUT2D eigenvalue weighted by Gasteiger charge is 2.31. The van der Waals surface area contributed by atoms with E-state index >= 15 is 0 Å². The van der Waals surface area contributed by atoms with Crippen molar-refractivity contribution in [1.29, 1.82) is 0 Å². The van der Waals surface area contributed by atoms with Crippen molar-refractivity contribution in [3.63, 3.8) is 0 Å². The Balaban J connectivity index is 2.48. The second kappa shape index (κ2) is 6.28. The van der Waals surface area contributed by atoms with Crippen LogP contribution in [0.2, 0.25) is 5.02 Å². The number of methoxy groups -OCH3 is 1. The van der Waals surface area contributed by atoms with E-state index in [-0.39, 0.29) is 5.75 Å². The van der Waals surface area contributed by atoms with Crippen molar-refractivity contribution in [3.8, 4) is 0 Å². The van der Waals surface area contributed by atoms with E-state index < -0.39 is 11.6 Å². The molecule has 0 aromatic heterocycles. The number of hydrogen-bond donors (Lipinski definition) is 1. The van der Waals surface area contributed by atoms with Crippen LogP contribution in [-0.2, 0) is 15.3 Å². The molecule has 1 unspecified atom stereocenters. The number of carbonyl (C=O) groups is 1. The summed E-state index contributed by atoms with van der Waals surface area (Å²) in [7, 11) is 1.26. The summed E-state index contributed by atoms with van der Waals surface area (Å²) in [5.41, 5.74) is -0.472. The van der Waals surface area contributed by atoms with E-state index in [9.17, 15) is 9.90 Å². The van der Waals surface area contributed by atoms with Gasteiger partial charge in [-0.2, -0.15) is 11.8 Å². The Morgan fingerprint density at radius 2 is 2.18 bits per heavy atom. The van der Waals surface area contributed by atoms with Crippen molar-refractivity contribution in [1.82, 2.24) is 0 Å². The van der Waals surface area contributed by atoms with Crippen LogP contribution < -0.4 is 0 Å². The van der Waals surface area contributed by atoms with Crippen molar-refractivity contribution in [3.05, 3.63) is 34.9 Å². The van der Waals surface area contributed by atoms with Crippen LogP contribution in [0.15, 0.2) is 24.3 Å². The van der Waals surface area contributed by atoms with Crippen LogP contribution in [0, 0.1) is 0 Å². The molecular formula is C12H15ClO3S. The first-order chi connectivity index (χ1) is 7.97. The number of carbonyl (C=O) groups excluding carboxylic acids is 1. The first-order valence-electron chi connectivity index (χ1n) is 5.09.